The number of nitrogens with zero attached hydrogens (tertiary/aromatic N) is 3. The molecule has 5 atom stereocenters. The maximum absolute atomic E-state index is 14.1. The van der Waals surface area contributed by atoms with Gasteiger partial charge >= 0.3 is 0 Å². The SMILES string of the molecule is CCCCCCCCCCCCCCCC(=O)N(C)[C@H](CO)C(=O)N[C@H](C)C(=O)NCC(=O)N(C)[C@@H]1C(=O)N[C@@H](C)C(=O)N[C@H](C(=O)NCC(=O)C(=O)N(C)C)Cc2ccc(O)c(c2)-c2cc1ccc2O. The topological polar surface area (TPSA) is 284 Å². The normalized spacial score (nSPS) is 16.5. The van der Waals surface area contributed by atoms with Gasteiger partial charge in [0.2, 0.25) is 47.1 Å². The van der Waals surface area contributed by atoms with Crippen LogP contribution in [-0.4, -0.2) is 155 Å². The number of fused-ring (bicyclic) bond motifs is 5. The van der Waals surface area contributed by atoms with Gasteiger partial charge in [0.25, 0.3) is 5.91 Å². The molecular formula is C51H76N8O12. The minimum atomic E-state index is -1.52. The first kappa shape index (κ1) is 58.7. The van der Waals surface area contributed by atoms with E-state index >= 15 is 0 Å². The summed E-state index contributed by atoms with van der Waals surface area (Å²) >= 11 is 0. The van der Waals surface area contributed by atoms with Crippen molar-refractivity contribution in [2.24, 2.45) is 0 Å². The molecule has 0 saturated heterocycles. The fraction of sp³-hybridized carbons (Fsp3) is 0.588. The standard InChI is InChI=1S/C51H76N8O12/c1-8-9-10-11-12-13-14-15-16-17-18-19-20-21-43(64)58(6)39(31-60)49(69)54-32(2)46(66)53-30-44(65)59(7)45-35-23-25-41(62)37(28-35)36-26-34(22-24-40(36)61)27-38(56-47(67)33(3)55-50(45)70)48(68)52-29-42(63)51(71)57(4)5/h22-26,28,32-33,38-39,45,60-62H,8-21,27,29-31H2,1-7H3,(H,52,68)(H,53,66)(H,54,69)(H,55,70)(H,56,67)/t32-,33+,38+,39-,45+/m1/s1. The summed E-state index contributed by atoms with van der Waals surface area (Å²) in [5.41, 5.74) is 0.624. The van der Waals surface area contributed by atoms with Gasteiger partial charge in [-0.3, -0.25) is 43.2 Å². The molecule has 3 rings (SSSR count). The number of phenolic OH excluding ortho intramolecular Hbond substituents is 2. The third-order valence-electron chi connectivity index (χ3n) is 12.6. The third kappa shape index (κ3) is 18.3. The predicted molar refractivity (Wildman–Crippen MR) is 265 cm³/mol. The second-order valence-electron chi connectivity index (χ2n) is 18.5. The van der Waals surface area contributed by atoms with E-state index in [1.807, 2.05) is 0 Å². The first-order valence-corrected chi connectivity index (χ1v) is 24.7. The van der Waals surface area contributed by atoms with Crippen LogP contribution >= 0.6 is 0 Å². The maximum atomic E-state index is 14.1. The number of Topliss-reactive ketones (excluding diaryl/α,β-unsaturated/α-hetero) is 1. The molecule has 1 aliphatic rings. The molecule has 0 radical (unpaired) electrons. The summed E-state index contributed by atoms with van der Waals surface area (Å²) in [5.74, 6) is -7.67. The second-order valence-corrected chi connectivity index (χ2v) is 18.5. The lowest BCUT2D eigenvalue weighted by atomic mass is 9.93. The molecule has 20 nitrogen and oxygen atoms in total. The van der Waals surface area contributed by atoms with Crippen molar-refractivity contribution >= 4 is 53.0 Å². The Labute approximate surface area is 417 Å². The molecule has 0 unspecified atom stereocenters. The molecule has 0 saturated carbocycles. The van der Waals surface area contributed by atoms with Crippen molar-refractivity contribution in [3.8, 4) is 22.6 Å². The number of rotatable bonds is 26. The van der Waals surface area contributed by atoms with Crippen molar-refractivity contribution in [1.29, 1.82) is 0 Å². The summed E-state index contributed by atoms with van der Waals surface area (Å²) in [7, 11) is 5.42. The van der Waals surface area contributed by atoms with Crippen LogP contribution in [0.2, 0.25) is 0 Å². The van der Waals surface area contributed by atoms with Crippen LogP contribution < -0.4 is 26.6 Å². The molecule has 0 aromatic heterocycles. The number of ketones is 1. The summed E-state index contributed by atoms with van der Waals surface area (Å²) in [4.78, 5) is 122. The molecule has 0 spiro atoms. The monoisotopic (exact) mass is 993 g/mol. The number of hydrogen-bond acceptors (Lipinski definition) is 12. The lowest BCUT2D eigenvalue weighted by Crippen LogP contribution is -2.56. The number of likely N-dealkylation sites (N-methyl/N-ethyl adjacent to an activating group) is 3. The Balaban J connectivity index is 1.67. The van der Waals surface area contributed by atoms with Gasteiger partial charge in [0, 0.05) is 52.2 Å². The molecule has 1 heterocycles. The van der Waals surface area contributed by atoms with Crippen molar-refractivity contribution in [2.45, 2.75) is 147 Å². The highest BCUT2D eigenvalue weighted by molar-refractivity contribution is 6.37. The van der Waals surface area contributed by atoms with Crippen LogP contribution in [0.15, 0.2) is 36.4 Å². The number of amides is 8. The van der Waals surface area contributed by atoms with Crippen LogP contribution in [0, 0.1) is 0 Å². The van der Waals surface area contributed by atoms with Gasteiger partial charge in [-0.15, -0.1) is 0 Å². The smallest absolute Gasteiger partial charge is 0.291 e. The molecule has 0 aliphatic carbocycles. The summed E-state index contributed by atoms with van der Waals surface area (Å²) in [5, 5.41) is 44.4. The van der Waals surface area contributed by atoms with Crippen LogP contribution in [0.3, 0.4) is 0 Å². The van der Waals surface area contributed by atoms with E-state index in [0.717, 1.165) is 40.4 Å². The number of aliphatic hydroxyl groups excluding tert-OH is 1. The molecule has 8 N–H and O–H groups in total. The van der Waals surface area contributed by atoms with E-state index in [1.54, 1.807) is 0 Å². The Morgan fingerprint density at radius 1 is 0.704 bits per heavy atom. The molecule has 71 heavy (non-hydrogen) atoms. The van der Waals surface area contributed by atoms with Gasteiger partial charge in [0.05, 0.1) is 19.7 Å². The quantitative estimate of drug-likeness (QED) is 0.0499. The number of hydrogen-bond donors (Lipinski definition) is 8. The summed E-state index contributed by atoms with van der Waals surface area (Å²) in [6.07, 6.45) is 15.0. The van der Waals surface area contributed by atoms with Crippen molar-refractivity contribution < 1.29 is 58.5 Å². The average molecular weight is 993 g/mol. The van der Waals surface area contributed by atoms with Gasteiger partial charge in [0.15, 0.2) is 0 Å². The Morgan fingerprint density at radius 2 is 1.27 bits per heavy atom. The largest absolute Gasteiger partial charge is 0.507 e. The highest BCUT2D eigenvalue weighted by atomic mass is 16.3. The zero-order valence-electron chi connectivity index (χ0n) is 42.4. The molecule has 4 bridgehead atoms. The van der Waals surface area contributed by atoms with Crippen molar-refractivity contribution in [1.82, 2.24) is 41.3 Å². The molecule has 2 aromatic rings. The number of carbonyl (C=O) groups is 9. The lowest BCUT2D eigenvalue weighted by Gasteiger charge is -2.30. The minimum Gasteiger partial charge on any atom is -0.507 e. The number of unbranched alkanes of at least 4 members (excludes halogenated alkanes) is 12. The number of nitrogens with one attached hydrogen (secondary N) is 5. The van der Waals surface area contributed by atoms with Crippen molar-refractivity contribution in [2.75, 3.05) is 47.9 Å². The summed E-state index contributed by atoms with van der Waals surface area (Å²) < 4.78 is 0. The van der Waals surface area contributed by atoms with Crippen molar-refractivity contribution in [3.05, 3.63) is 47.5 Å². The number of aromatic hydroxyl groups is 2. The van der Waals surface area contributed by atoms with Gasteiger partial charge in [-0.1, -0.05) is 96.1 Å². The lowest BCUT2D eigenvalue weighted by molar-refractivity contribution is -0.143. The first-order valence-electron chi connectivity index (χ1n) is 24.7. The molecule has 1 aliphatic heterocycles. The predicted octanol–water partition coefficient (Wildman–Crippen LogP) is 2.50. The van der Waals surface area contributed by atoms with Gasteiger partial charge in [-0.05, 0) is 55.7 Å². The number of aliphatic hydroxyl groups is 1. The van der Waals surface area contributed by atoms with Gasteiger partial charge in [0.1, 0.15) is 41.7 Å². The fourth-order valence-corrected chi connectivity index (χ4v) is 8.12. The second kappa shape index (κ2) is 29.6. The maximum Gasteiger partial charge on any atom is 0.291 e. The zero-order chi connectivity index (χ0) is 52.8. The average Bonchev–Trinajstić information content (AvgIpc) is 3.33. The van der Waals surface area contributed by atoms with Crippen molar-refractivity contribution in [3.63, 3.8) is 0 Å². The molecular weight excluding hydrogens is 917 g/mol. The molecule has 20 heteroatoms. The van der Waals surface area contributed by atoms with E-state index in [4.69, 9.17) is 0 Å². The molecule has 8 amide bonds. The number of phenols is 2. The summed E-state index contributed by atoms with van der Waals surface area (Å²) in [6.45, 7) is 2.85. The molecule has 392 valence electrons. The number of benzene rings is 2. The Kier molecular flexibility index (Phi) is 24.5. The van der Waals surface area contributed by atoms with E-state index in [-0.39, 0.29) is 46.9 Å². The third-order valence-corrected chi connectivity index (χ3v) is 12.6. The summed E-state index contributed by atoms with van der Waals surface area (Å²) in [6, 6.07) is 1.50. The van der Waals surface area contributed by atoms with Crippen LogP contribution in [0.25, 0.3) is 11.1 Å². The fourth-order valence-electron chi connectivity index (χ4n) is 8.12. The van der Waals surface area contributed by atoms with E-state index < -0.39 is 97.0 Å². The minimum absolute atomic E-state index is 0.0365. The van der Waals surface area contributed by atoms with Gasteiger partial charge < -0.3 is 56.6 Å². The van der Waals surface area contributed by atoms with Crippen LogP contribution in [0.1, 0.15) is 128 Å². The molecule has 0 fully saturated rings. The zero-order valence-corrected chi connectivity index (χ0v) is 42.4. The van der Waals surface area contributed by atoms with Gasteiger partial charge in [-0.25, -0.2) is 0 Å². The van der Waals surface area contributed by atoms with Crippen LogP contribution in [-0.2, 0) is 49.6 Å². The Morgan fingerprint density at radius 3 is 1.85 bits per heavy atom. The Hall–Kier alpha value is -6.57. The van der Waals surface area contributed by atoms with E-state index in [9.17, 15) is 58.5 Å². The first-order chi connectivity index (χ1) is 33.7. The Bertz CT molecular complexity index is 2180. The molecule has 2 aromatic carbocycles. The van der Waals surface area contributed by atoms with E-state index in [0.29, 0.717) is 12.0 Å². The van der Waals surface area contributed by atoms with Gasteiger partial charge in [-0.2, -0.15) is 0 Å². The van der Waals surface area contributed by atoms with Crippen LogP contribution in [0.4, 0.5) is 0 Å². The van der Waals surface area contributed by atoms with E-state index in [1.165, 1.54) is 130 Å². The highest BCUT2D eigenvalue weighted by Crippen LogP contribution is 2.38. The van der Waals surface area contributed by atoms with E-state index in [2.05, 4.69) is 33.5 Å². The number of carbonyl (C=O) groups excluding carboxylic acids is 9. The van der Waals surface area contributed by atoms with Crippen LogP contribution in [0.5, 0.6) is 11.5 Å². The highest BCUT2D eigenvalue weighted by Gasteiger charge is 2.34.